The number of pyridine rings is 1. The molecule has 0 aliphatic carbocycles. The van der Waals surface area contributed by atoms with Crippen molar-refractivity contribution in [1.29, 1.82) is 0 Å². The highest BCUT2D eigenvalue weighted by Gasteiger charge is 2.13. The van der Waals surface area contributed by atoms with Gasteiger partial charge in [0.2, 0.25) is 0 Å². The predicted molar refractivity (Wildman–Crippen MR) is 64.7 cm³/mol. The quantitative estimate of drug-likeness (QED) is 0.861. The monoisotopic (exact) mass is 234 g/mol. The van der Waals surface area contributed by atoms with E-state index in [0.717, 1.165) is 32.6 Å². The van der Waals surface area contributed by atoms with Crippen LogP contribution in [0.3, 0.4) is 0 Å². The summed E-state index contributed by atoms with van der Waals surface area (Å²) in [5.74, 6) is 0.575. The summed E-state index contributed by atoms with van der Waals surface area (Å²) in [6.07, 6.45) is 6.61. The summed E-state index contributed by atoms with van der Waals surface area (Å²) < 4.78 is 5.40. The van der Waals surface area contributed by atoms with Crippen LogP contribution in [0.4, 0.5) is 0 Å². The van der Waals surface area contributed by atoms with Crippen molar-refractivity contribution < 1.29 is 9.53 Å². The van der Waals surface area contributed by atoms with E-state index in [1.807, 2.05) is 0 Å². The molecule has 1 aromatic rings. The van der Waals surface area contributed by atoms with Gasteiger partial charge in [0.15, 0.2) is 0 Å². The van der Waals surface area contributed by atoms with Crippen LogP contribution >= 0.6 is 0 Å². The Morgan fingerprint density at radius 3 is 3.00 bits per heavy atom. The molecule has 1 aliphatic rings. The number of ether oxygens (including phenoxy) is 1. The van der Waals surface area contributed by atoms with Gasteiger partial charge in [-0.05, 0) is 37.3 Å². The average molecular weight is 234 g/mol. The Kier molecular flexibility index (Phi) is 4.50. The minimum atomic E-state index is -0.0240. The summed E-state index contributed by atoms with van der Waals surface area (Å²) >= 11 is 0. The minimum absolute atomic E-state index is 0.0240. The van der Waals surface area contributed by atoms with Crippen LogP contribution in [0.15, 0.2) is 24.5 Å². The number of nitrogens with one attached hydrogen (secondary N) is 1. The van der Waals surface area contributed by atoms with Gasteiger partial charge >= 0.3 is 0 Å². The second kappa shape index (κ2) is 6.35. The first-order valence-corrected chi connectivity index (χ1v) is 6.12. The lowest BCUT2D eigenvalue weighted by Crippen LogP contribution is -2.28. The molecular weight excluding hydrogens is 216 g/mol. The van der Waals surface area contributed by atoms with Crippen LogP contribution in [-0.2, 0) is 4.74 Å². The van der Waals surface area contributed by atoms with Crippen LogP contribution in [-0.4, -0.2) is 30.6 Å². The smallest absolute Gasteiger partial charge is 0.251 e. The normalized spacial score (nSPS) is 19.9. The van der Waals surface area contributed by atoms with Crippen LogP contribution in [0.1, 0.15) is 29.6 Å². The fraction of sp³-hybridized carbons (Fsp3) is 0.538. The van der Waals surface area contributed by atoms with Crippen LogP contribution in [0.5, 0.6) is 0 Å². The summed E-state index contributed by atoms with van der Waals surface area (Å²) in [6, 6.07) is 3.44. The van der Waals surface area contributed by atoms with Crippen molar-refractivity contribution >= 4 is 5.91 Å². The molecular formula is C13H18N2O2. The summed E-state index contributed by atoms with van der Waals surface area (Å²) in [6.45, 7) is 2.44. The number of carbonyl (C=O) groups excluding carboxylic acids is 1. The topological polar surface area (TPSA) is 51.2 Å². The van der Waals surface area contributed by atoms with Gasteiger partial charge in [-0.25, -0.2) is 0 Å². The second-order valence-electron chi connectivity index (χ2n) is 4.36. The molecule has 0 spiro atoms. The first-order chi connectivity index (χ1) is 8.36. The molecule has 0 radical (unpaired) electrons. The van der Waals surface area contributed by atoms with Crippen LogP contribution in [0.25, 0.3) is 0 Å². The van der Waals surface area contributed by atoms with E-state index in [0.29, 0.717) is 11.5 Å². The van der Waals surface area contributed by atoms with E-state index in [1.165, 1.54) is 6.42 Å². The van der Waals surface area contributed by atoms with Gasteiger partial charge in [0.25, 0.3) is 5.91 Å². The Bertz CT molecular complexity index is 348. The molecule has 1 aliphatic heterocycles. The van der Waals surface area contributed by atoms with Crippen LogP contribution in [0, 0.1) is 5.92 Å². The van der Waals surface area contributed by atoms with E-state index < -0.39 is 0 Å². The summed E-state index contributed by atoms with van der Waals surface area (Å²) in [5, 5.41) is 2.92. The van der Waals surface area contributed by atoms with E-state index >= 15 is 0 Å². The molecule has 0 unspecified atom stereocenters. The maximum Gasteiger partial charge on any atom is 0.251 e. The van der Waals surface area contributed by atoms with Crippen LogP contribution in [0.2, 0.25) is 0 Å². The maximum absolute atomic E-state index is 11.7. The molecule has 0 saturated carbocycles. The summed E-state index contributed by atoms with van der Waals surface area (Å²) in [4.78, 5) is 15.6. The number of nitrogens with zero attached hydrogens (tertiary/aromatic N) is 1. The van der Waals surface area contributed by atoms with Crippen molar-refractivity contribution in [1.82, 2.24) is 10.3 Å². The fourth-order valence-electron chi connectivity index (χ4n) is 2.03. The van der Waals surface area contributed by atoms with Gasteiger partial charge in [-0.2, -0.15) is 0 Å². The first-order valence-electron chi connectivity index (χ1n) is 6.12. The van der Waals surface area contributed by atoms with Gasteiger partial charge in [-0.15, -0.1) is 0 Å². The zero-order chi connectivity index (χ0) is 11.9. The molecule has 1 amide bonds. The Hall–Kier alpha value is -1.42. The van der Waals surface area contributed by atoms with Gasteiger partial charge in [0, 0.05) is 37.7 Å². The summed E-state index contributed by atoms with van der Waals surface area (Å²) in [5.41, 5.74) is 0.667. The van der Waals surface area contributed by atoms with Crippen molar-refractivity contribution in [2.75, 3.05) is 19.8 Å². The second-order valence-corrected chi connectivity index (χ2v) is 4.36. The molecule has 1 saturated heterocycles. The van der Waals surface area contributed by atoms with E-state index in [2.05, 4.69) is 10.3 Å². The Morgan fingerprint density at radius 2 is 2.29 bits per heavy atom. The van der Waals surface area contributed by atoms with Crippen molar-refractivity contribution in [2.24, 2.45) is 5.92 Å². The number of hydrogen-bond acceptors (Lipinski definition) is 3. The molecule has 1 fully saturated rings. The number of aromatic nitrogens is 1. The number of rotatable bonds is 4. The Balaban J connectivity index is 1.69. The van der Waals surface area contributed by atoms with Gasteiger partial charge in [-0.3, -0.25) is 9.78 Å². The fourth-order valence-corrected chi connectivity index (χ4v) is 2.03. The predicted octanol–water partition coefficient (Wildman–Crippen LogP) is 1.63. The molecule has 4 heteroatoms. The first kappa shape index (κ1) is 12.0. The van der Waals surface area contributed by atoms with Gasteiger partial charge < -0.3 is 10.1 Å². The molecule has 1 aromatic heterocycles. The van der Waals surface area contributed by atoms with Gasteiger partial charge in [0.05, 0.1) is 0 Å². The molecule has 1 N–H and O–H groups in total. The molecule has 0 bridgehead atoms. The van der Waals surface area contributed by atoms with E-state index in [-0.39, 0.29) is 5.91 Å². The lowest BCUT2D eigenvalue weighted by molar-refractivity contribution is 0.0514. The summed E-state index contributed by atoms with van der Waals surface area (Å²) in [7, 11) is 0. The van der Waals surface area contributed by atoms with Crippen molar-refractivity contribution in [2.45, 2.75) is 19.3 Å². The zero-order valence-electron chi connectivity index (χ0n) is 9.89. The lowest BCUT2D eigenvalue weighted by atomic mass is 9.99. The number of amides is 1. The number of carbonyl (C=O) groups is 1. The lowest BCUT2D eigenvalue weighted by Gasteiger charge is -2.21. The molecule has 1 atom stereocenters. The molecule has 92 valence electrons. The van der Waals surface area contributed by atoms with Crippen molar-refractivity contribution in [3.63, 3.8) is 0 Å². The van der Waals surface area contributed by atoms with Crippen molar-refractivity contribution in [3.05, 3.63) is 30.1 Å². The number of hydrogen-bond donors (Lipinski definition) is 1. The Morgan fingerprint density at radius 1 is 1.47 bits per heavy atom. The van der Waals surface area contributed by atoms with Crippen molar-refractivity contribution in [3.8, 4) is 0 Å². The maximum atomic E-state index is 11.7. The highest BCUT2D eigenvalue weighted by molar-refractivity contribution is 5.93. The average Bonchev–Trinajstić information content (AvgIpc) is 2.41. The molecule has 0 aromatic carbocycles. The zero-order valence-corrected chi connectivity index (χ0v) is 9.89. The third-order valence-corrected chi connectivity index (χ3v) is 3.04. The van der Waals surface area contributed by atoms with Gasteiger partial charge in [-0.1, -0.05) is 0 Å². The molecule has 17 heavy (non-hydrogen) atoms. The van der Waals surface area contributed by atoms with E-state index in [4.69, 9.17) is 4.74 Å². The molecule has 2 heterocycles. The standard InChI is InChI=1S/C13H18N2O2/c16-13(12-4-6-14-7-5-12)15-8-3-11-2-1-9-17-10-11/h4-7,11H,1-3,8-10H2,(H,15,16)/t11-/m0/s1. The van der Waals surface area contributed by atoms with E-state index in [1.54, 1.807) is 24.5 Å². The largest absolute Gasteiger partial charge is 0.381 e. The highest BCUT2D eigenvalue weighted by atomic mass is 16.5. The third kappa shape index (κ3) is 3.82. The molecule has 2 rings (SSSR count). The van der Waals surface area contributed by atoms with Crippen LogP contribution < -0.4 is 5.32 Å². The van der Waals surface area contributed by atoms with Gasteiger partial charge in [0.1, 0.15) is 0 Å². The van der Waals surface area contributed by atoms with E-state index in [9.17, 15) is 4.79 Å². The highest BCUT2D eigenvalue weighted by Crippen LogP contribution is 2.16. The minimum Gasteiger partial charge on any atom is -0.381 e. The third-order valence-electron chi connectivity index (χ3n) is 3.04. The Labute approximate surface area is 101 Å². The SMILES string of the molecule is O=C(NCC[C@@H]1CCCOC1)c1ccncc1. The molecule has 4 nitrogen and oxygen atoms in total.